The molecule has 2 rings (SSSR count). The van der Waals surface area contributed by atoms with Crippen molar-refractivity contribution in [1.82, 2.24) is 20.2 Å². The first-order chi connectivity index (χ1) is 7.34. The Morgan fingerprint density at radius 1 is 1.60 bits per heavy atom. The van der Waals surface area contributed by atoms with Crippen molar-refractivity contribution in [3.63, 3.8) is 0 Å². The zero-order valence-electron chi connectivity index (χ0n) is 9.19. The molecule has 1 aliphatic rings. The molecule has 0 radical (unpaired) electrons. The van der Waals surface area contributed by atoms with Gasteiger partial charge in [-0.2, -0.15) is 0 Å². The molecule has 82 valence electrons. The molecule has 0 bridgehead atoms. The highest BCUT2D eigenvalue weighted by Crippen LogP contribution is 2.06. The molecule has 4 heteroatoms. The van der Waals surface area contributed by atoms with Gasteiger partial charge in [-0.3, -0.25) is 4.90 Å². The van der Waals surface area contributed by atoms with Crippen LogP contribution in [0.3, 0.4) is 0 Å². The molecule has 1 atom stereocenters. The van der Waals surface area contributed by atoms with Crippen molar-refractivity contribution in [1.29, 1.82) is 0 Å². The van der Waals surface area contributed by atoms with Gasteiger partial charge in [0.2, 0.25) is 0 Å². The van der Waals surface area contributed by atoms with Crippen molar-refractivity contribution in [2.75, 3.05) is 26.2 Å². The van der Waals surface area contributed by atoms with Crippen LogP contribution in [0, 0.1) is 5.92 Å². The van der Waals surface area contributed by atoms with E-state index in [9.17, 15) is 0 Å². The van der Waals surface area contributed by atoms with Crippen LogP contribution in [0.5, 0.6) is 0 Å². The minimum atomic E-state index is 0.717. The lowest BCUT2D eigenvalue weighted by Crippen LogP contribution is -2.29. The van der Waals surface area contributed by atoms with Crippen LogP contribution in [0.15, 0.2) is 18.6 Å². The lowest BCUT2D eigenvalue weighted by atomic mass is 10.2. The van der Waals surface area contributed by atoms with Crippen LogP contribution in [0.25, 0.3) is 0 Å². The maximum absolute atomic E-state index is 4.26. The first-order valence-corrected chi connectivity index (χ1v) is 5.52. The fourth-order valence-corrected chi connectivity index (χ4v) is 1.97. The van der Waals surface area contributed by atoms with Gasteiger partial charge in [-0.1, -0.05) is 6.92 Å². The highest BCUT2D eigenvalue weighted by molar-refractivity contribution is 4.97. The summed E-state index contributed by atoms with van der Waals surface area (Å²) in [6.07, 6.45) is 3.43. The normalized spacial score (nSPS) is 23.7. The van der Waals surface area contributed by atoms with Crippen LogP contribution in [-0.4, -0.2) is 41.0 Å². The molecule has 1 N–H and O–H groups in total. The lowest BCUT2D eigenvalue weighted by Gasteiger charge is -2.21. The van der Waals surface area contributed by atoms with Gasteiger partial charge in [0.25, 0.3) is 0 Å². The second-order valence-corrected chi connectivity index (χ2v) is 4.25. The van der Waals surface area contributed by atoms with Crippen LogP contribution in [0.1, 0.15) is 12.6 Å². The van der Waals surface area contributed by atoms with E-state index in [1.807, 2.05) is 12.3 Å². The number of hydrogen-bond acceptors (Lipinski definition) is 4. The van der Waals surface area contributed by atoms with Gasteiger partial charge in [0.1, 0.15) is 6.33 Å². The molecule has 1 aliphatic heterocycles. The van der Waals surface area contributed by atoms with E-state index in [1.165, 1.54) is 0 Å². The Morgan fingerprint density at radius 2 is 2.53 bits per heavy atom. The number of rotatable bonds is 2. The molecular weight excluding hydrogens is 188 g/mol. The minimum absolute atomic E-state index is 0.717. The molecule has 15 heavy (non-hydrogen) atoms. The van der Waals surface area contributed by atoms with Gasteiger partial charge >= 0.3 is 0 Å². The van der Waals surface area contributed by atoms with Crippen molar-refractivity contribution < 1.29 is 0 Å². The highest BCUT2D eigenvalue weighted by atomic mass is 15.2. The monoisotopic (exact) mass is 206 g/mol. The van der Waals surface area contributed by atoms with Crippen molar-refractivity contribution in [2.24, 2.45) is 5.92 Å². The van der Waals surface area contributed by atoms with Gasteiger partial charge in [-0.05, 0) is 18.5 Å². The van der Waals surface area contributed by atoms with E-state index in [2.05, 4.69) is 27.1 Å². The summed E-state index contributed by atoms with van der Waals surface area (Å²) in [6.45, 7) is 7.68. The molecule has 1 saturated heterocycles. The molecular formula is C11H18N4. The van der Waals surface area contributed by atoms with E-state index in [4.69, 9.17) is 0 Å². The van der Waals surface area contributed by atoms with Crippen LogP contribution >= 0.6 is 0 Å². The van der Waals surface area contributed by atoms with Gasteiger partial charge in [-0.25, -0.2) is 9.97 Å². The SMILES string of the molecule is CC1CNCCN(Cc2ccncn2)C1. The van der Waals surface area contributed by atoms with Crippen LogP contribution in [-0.2, 0) is 6.54 Å². The zero-order valence-corrected chi connectivity index (χ0v) is 9.19. The smallest absolute Gasteiger partial charge is 0.115 e. The zero-order chi connectivity index (χ0) is 10.5. The summed E-state index contributed by atoms with van der Waals surface area (Å²) in [5.41, 5.74) is 1.11. The number of aromatic nitrogens is 2. The van der Waals surface area contributed by atoms with Gasteiger partial charge < -0.3 is 5.32 Å². The van der Waals surface area contributed by atoms with Gasteiger partial charge in [0.15, 0.2) is 0 Å². The Balaban J connectivity index is 1.93. The van der Waals surface area contributed by atoms with Gasteiger partial charge in [0.05, 0.1) is 5.69 Å². The third-order valence-corrected chi connectivity index (χ3v) is 2.70. The average molecular weight is 206 g/mol. The second-order valence-electron chi connectivity index (χ2n) is 4.25. The van der Waals surface area contributed by atoms with Crippen molar-refractivity contribution in [3.8, 4) is 0 Å². The van der Waals surface area contributed by atoms with Crippen LogP contribution in [0.2, 0.25) is 0 Å². The van der Waals surface area contributed by atoms with E-state index in [0.717, 1.165) is 38.4 Å². The molecule has 2 heterocycles. The van der Waals surface area contributed by atoms with E-state index in [1.54, 1.807) is 6.33 Å². The predicted octanol–water partition coefficient (Wildman–Crippen LogP) is 0.518. The van der Waals surface area contributed by atoms with E-state index < -0.39 is 0 Å². The summed E-state index contributed by atoms with van der Waals surface area (Å²) in [7, 11) is 0. The first-order valence-electron chi connectivity index (χ1n) is 5.52. The van der Waals surface area contributed by atoms with Crippen molar-refractivity contribution in [2.45, 2.75) is 13.5 Å². The fraction of sp³-hybridized carbons (Fsp3) is 0.636. The molecule has 4 nitrogen and oxygen atoms in total. The Morgan fingerprint density at radius 3 is 3.33 bits per heavy atom. The van der Waals surface area contributed by atoms with Gasteiger partial charge in [0, 0.05) is 32.4 Å². The molecule has 0 aliphatic carbocycles. The minimum Gasteiger partial charge on any atom is -0.315 e. The molecule has 1 fully saturated rings. The fourth-order valence-electron chi connectivity index (χ4n) is 1.97. The first kappa shape index (κ1) is 10.5. The summed E-state index contributed by atoms with van der Waals surface area (Å²) in [4.78, 5) is 10.6. The third kappa shape index (κ3) is 3.25. The summed E-state index contributed by atoms with van der Waals surface area (Å²) >= 11 is 0. The standard InChI is InChI=1S/C11H18N4/c1-10-6-12-4-5-15(7-10)8-11-2-3-13-9-14-11/h2-3,9-10,12H,4-8H2,1H3. The quantitative estimate of drug-likeness (QED) is 0.766. The molecule has 0 aromatic carbocycles. The Labute approximate surface area is 90.7 Å². The summed E-state index contributed by atoms with van der Waals surface area (Å²) < 4.78 is 0. The largest absolute Gasteiger partial charge is 0.315 e. The maximum Gasteiger partial charge on any atom is 0.115 e. The molecule has 0 spiro atoms. The molecule has 0 saturated carbocycles. The molecule has 1 unspecified atom stereocenters. The van der Waals surface area contributed by atoms with Gasteiger partial charge in [-0.15, -0.1) is 0 Å². The second kappa shape index (κ2) is 5.19. The van der Waals surface area contributed by atoms with E-state index in [0.29, 0.717) is 5.92 Å². The Hall–Kier alpha value is -1.00. The van der Waals surface area contributed by atoms with Crippen molar-refractivity contribution >= 4 is 0 Å². The maximum atomic E-state index is 4.26. The summed E-state index contributed by atoms with van der Waals surface area (Å²) in [5.74, 6) is 0.717. The molecule has 1 aromatic heterocycles. The van der Waals surface area contributed by atoms with E-state index in [-0.39, 0.29) is 0 Å². The highest BCUT2D eigenvalue weighted by Gasteiger charge is 2.14. The number of hydrogen-bond donors (Lipinski definition) is 1. The summed E-state index contributed by atoms with van der Waals surface area (Å²) in [5, 5.41) is 3.44. The number of nitrogens with zero attached hydrogens (tertiary/aromatic N) is 3. The van der Waals surface area contributed by atoms with Crippen LogP contribution < -0.4 is 5.32 Å². The Bertz CT molecular complexity index is 288. The Kier molecular flexibility index (Phi) is 3.64. The van der Waals surface area contributed by atoms with E-state index >= 15 is 0 Å². The molecule has 1 aromatic rings. The number of nitrogens with one attached hydrogen (secondary N) is 1. The third-order valence-electron chi connectivity index (χ3n) is 2.70. The van der Waals surface area contributed by atoms with Crippen molar-refractivity contribution in [3.05, 3.63) is 24.3 Å². The topological polar surface area (TPSA) is 41.0 Å². The average Bonchev–Trinajstić information content (AvgIpc) is 2.44. The predicted molar refractivity (Wildman–Crippen MR) is 59.3 cm³/mol. The summed E-state index contributed by atoms with van der Waals surface area (Å²) in [6, 6.07) is 1.99. The lowest BCUT2D eigenvalue weighted by molar-refractivity contribution is 0.254. The van der Waals surface area contributed by atoms with Crippen LogP contribution in [0.4, 0.5) is 0 Å². The molecule has 0 amide bonds.